The number of ether oxygens (including phenoxy) is 1. The number of aromatic amines is 1. The van der Waals surface area contributed by atoms with Crippen molar-refractivity contribution in [2.75, 3.05) is 37.5 Å². The molecule has 4 rings (SSSR count). The minimum Gasteiger partial charge on any atom is -0.450 e. The summed E-state index contributed by atoms with van der Waals surface area (Å²) in [6.07, 6.45) is 1.02. The summed E-state index contributed by atoms with van der Waals surface area (Å²) in [5, 5.41) is 1.20. The van der Waals surface area contributed by atoms with Crippen molar-refractivity contribution in [2.24, 2.45) is 0 Å². The summed E-state index contributed by atoms with van der Waals surface area (Å²) < 4.78 is 60.6. The topological polar surface area (TPSA) is 129 Å². The Bertz CT molecular complexity index is 1470. The fraction of sp³-hybridized carbons (Fsp3) is 0.286. The van der Waals surface area contributed by atoms with Crippen LogP contribution < -0.4 is 4.72 Å². The zero-order valence-corrected chi connectivity index (χ0v) is 21.6. The molecule has 1 amide bonds. The minimum absolute atomic E-state index is 0.0499. The first-order valence-electron chi connectivity index (χ1n) is 10.5. The van der Waals surface area contributed by atoms with Crippen molar-refractivity contribution >= 4 is 65.9 Å². The molecule has 0 atom stereocenters. The Morgan fingerprint density at radius 3 is 2.23 bits per heavy atom. The van der Waals surface area contributed by atoms with Crippen molar-refractivity contribution in [3.63, 3.8) is 0 Å². The quantitative estimate of drug-likeness (QED) is 0.472. The number of rotatable bonds is 6. The molecule has 2 heterocycles. The molecule has 0 unspecified atom stereocenters. The third-order valence-electron chi connectivity index (χ3n) is 5.52. The highest BCUT2D eigenvalue weighted by molar-refractivity contribution is 7.92. The van der Waals surface area contributed by atoms with Gasteiger partial charge in [0, 0.05) is 37.8 Å². The molecule has 0 bridgehead atoms. The van der Waals surface area contributed by atoms with Crippen LogP contribution in [0.1, 0.15) is 6.92 Å². The van der Waals surface area contributed by atoms with Gasteiger partial charge in [-0.05, 0) is 43.3 Å². The Labute approximate surface area is 212 Å². The van der Waals surface area contributed by atoms with Crippen molar-refractivity contribution in [1.29, 1.82) is 0 Å². The number of nitrogens with one attached hydrogen (secondary N) is 2. The summed E-state index contributed by atoms with van der Waals surface area (Å²) in [5.74, 6) is 0. The van der Waals surface area contributed by atoms with Gasteiger partial charge in [-0.3, -0.25) is 4.72 Å². The van der Waals surface area contributed by atoms with E-state index in [4.69, 9.17) is 27.9 Å². The second-order valence-electron chi connectivity index (χ2n) is 7.65. The maximum Gasteiger partial charge on any atom is 0.409 e. The van der Waals surface area contributed by atoms with E-state index in [1.165, 1.54) is 51.8 Å². The van der Waals surface area contributed by atoms with Crippen molar-refractivity contribution in [2.45, 2.75) is 16.7 Å². The number of nitrogens with zero attached hydrogens (tertiary/aromatic N) is 2. The first kappa shape index (κ1) is 25.6. The fourth-order valence-corrected chi connectivity index (χ4v) is 6.78. The lowest BCUT2D eigenvalue weighted by atomic mass is 10.2. The molecule has 1 aliphatic rings. The molecule has 0 spiro atoms. The van der Waals surface area contributed by atoms with Crippen LogP contribution in [0.25, 0.3) is 10.9 Å². The monoisotopic (exact) mass is 560 g/mol. The summed E-state index contributed by atoms with van der Waals surface area (Å²) in [4.78, 5) is 16.0. The maximum atomic E-state index is 13.0. The average molecular weight is 561 g/mol. The third kappa shape index (κ3) is 5.07. The first-order chi connectivity index (χ1) is 16.5. The van der Waals surface area contributed by atoms with Crippen LogP contribution in [0.4, 0.5) is 10.5 Å². The molecule has 1 fully saturated rings. The maximum absolute atomic E-state index is 13.0. The zero-order valence-electron chi connectivity index (χ0n) is 18.5. The number of hydrogen-bond acceptors (Lipinski definition) is 6. The third-order valence-corrected chi connectivity index (χ3v) is 9.42. The molecule has 10 nitrogen and oxygen atoms in total. The van der Waals surface area contributed by atoms with Gasteiger partial charge in [-0.1, -0.05) is 23.2 Å². The van der Waals surface area contributed by atoms with Gasteiger partial charge in [-0.25, -0.2) is 21.6 Å². The highest BCUT2D eigenvalue weighted by Gasteiger charge is 2.31. The number of carbonyl (C=O) groups is 1. The number of anilines is 1. The van der Waals surface area contributed by atoms with E-state index in [9.17, 15) is 21.6 Å². The predicted octanol–water partition coefficient (Wildman–Crippen LogP) is 3.74. The summed E-state index contributed by atoms with van der Waals surface area (Å²) in [6, 6.07) is 7.95. The van der Waals surface area contributed by atoms with Crippen LogP contribution in [0.5, 0.6) is 0 Å². The number of fused-ring (bicyclic) bond motifs is 1. The molecule has 1 saturated heterocycles. The number of H-pyrrole nitrogens is 1. The van der Waals surface area contributed by atoms with Crippen LogP contribution in [0.15, 0.2) is 52.4 Å². The largest absolute Gasteiger partial charge is 0.450 e. The Morgan fingerprint density at radius 2 is 1.60 bits per heavy atom. The number of piperazine rings is 1. The second-order valence-corrected chi connectivity index (χ2v) is 12.1. The fourth-order valence-electron chi connectivity index (χ4n) is 3.72. The molecule has 3 aromatic rings. The molecule has 1 aromatic heterocycles. The molecular formula is C21H22Cl2N4O6S2. The number of aromatic nitrogens is 1. The number of halogens is 2. The first-order valence-corrected chi connectivity index (χ1v) is 14.2. The summed E-state index contributed by atoms with van der Waals surface area (Å²) in [5.41, 5.74) is 0.666. The Hall–Kier alpha value is -2.51. The van der Waals surface area contributed by atoms with Crippen LogP contribution >= 0.6 is 23.2 Å². The summed E-state index contributed by atoms with van der Waals surface area (Å²) >= 11 is 12.3. The molecule has 0 aliphatic carbocycles. The number of carbonyl (C=O) groups excluding carboxylic acids is 1. The van der Waals surface area contributed by atoms with E-state index < -0.39 is 26.1 Å². The Balaban J connectivity index is 1.51. The molecule has 2 N–H and O–H groups in total. The molecule has 188 valence electrons. The van der Waals surface area contributed by atoms with Gasteiger partial charge in [-0.15, -0.1) is 0 Å². The van der Waals surface area contributed by atoms with E-state index in [2.05, 4.69) is 9.71 Å². The molecule has 35 heavy (non-hydrogen) atoms. The Kier molecular flexibility index (Phi) is 7.21. The summed E-state index contributed by atoms with van der Waals surface area (Å²) in [7, 11) is -7.91. The van der Waals surface area contributed by atoms with Crippen molar-refractivity contribution in [3.05, 3.63) is 52.6 Å². The van der Waals surface area contributed by atoms with Crippen LogP contribution in [0.2, 0.25) is 10.0 Å². The normalized spacial score (nSPS) is 15.3. The molecule has 0 radical (unpaired) electrons. The van der Waals surface area contributed by atoms with Crippen molar-refractivity contribution in [3.8, 4) is 0 Å². The lowest BCUT2D eigenvalue weighted by molar-refractivity contribution is 0.0934. The standard InChI is InChI=1S/C21H22Cl2N4O6S2/c1-2-33-21(28)26-9-11-27(12-10-26)35(31,32)15-5-3-14(4-6-15)34(29,30)25-18-8-7-16(22)19-17(23)13-24-20(18)19/h3-8,13,24-25H,2,9-12H2,1H3. The van der Waals surface area contributed by atoms with Gasteiger partial charge in [0.1, 0.15) is 0 Å². The molecule has 14 heteroatoms. The SMILES string of the molecule is CCOC(=O)N1CCN(S(=O)(=O)c2ccc(S(=O)(=O)Nc3ccc(Cl)c4c(Cl)c[nH]c34)cc2)CC1. The van der Waals surface area contributed by atoms with Crippen molar-refractivity contribution < 1.29 is 26.4 Å². The smallest absolute Gasteiger partial charge is 0.409 e. The summed E-state index contributed by atoms with van der Waals surface area (Å²) in [6.45, 7) is 2.55. The van der Waals surface area contributed by atoms with Gasteiger partial charge < -0.3 is 14.6 Å². The van der Waals surface area contributed by atoms with E-state index in [0.29, 0.717) is 20.9 Å². The van der Waals surface area contributed by atoms with Gasteiger partial charge >= 0.3 is 6.09 Å². The predicted molar refractivity (Wildman–Crippen MR) is 133 cm³/mol. The second kappa shape index (κ2) is 9.86. The van der Waals surface area contributed by atoms with Crippen LogP contribution in [-0.2, 0) is 24.8 Å². The number of hydrogen-bond donors (Lipinski definition) is 2. The van der Waals surface area contributed by atoms with Crippen LogP contribution in [0.3, 0.4) is 0 Å². The highest BCUT2D eigenvalue weighted by Crippen LogP contribution is 2.35. The van der Waals surface area contributed by atoms with E-state index in [-0.39, 0.29) is 48.3 Å². The van der Waals surface area contributed by atoms with E-state index >= 15 is 0 Å². The molecular weight excluding hydrogens is 539 g/mol. The van der Waals surface area contributed by atoms with E-state index in [1.807, 2.05) is 0 Å². The molecule has 0 saturated carbocycles. The zero-order chi connectivity index (χ0) is 25.4. The lowest BCUT2D eigenvalue weighted by Crippen LogP contribution is -2.50. The van der Waals surface area contributed by atoms with Crippen molar-refractivity contribution in [1.82, 2.24) is 14.2 Å². The number of amides is 1. The van der Waals surface area contributed by atoms with Gasteiger partial charge in [0.05, 0.1) is 37.6 Å². The average Bonchev–Trinajstić information content (AvgIpc) is 3.24. The molecule has 1 aliphatic heterocycles. The van der Waals surface area contributed by atoms with Gasteiger partial charge in [0.25, 0.3) is 10.0 Å². The van der Waals surface area contributed by atoms with E-state index in [0.717, 1.165) is 0 Å². The number of benzene rings is 2. The van der Waals surface area contributed by atoms with Crippen LogP contribution in [0, 0.1) is 0 Å². The van der Waals surface area contributed by atoms with Gasteiger partial charge in [0.2, 0.25) is 10.0 Å². The van der Waals surface area contributed by atoms with Gasteiger partial charge in [0.15, 0.2) is 0 Å². The number of sulfonamides is 2. The lowest BCUT2D eigenvalue weighted by Gasteiger charge is -2.33. The molecule has 2 aromatic carbocycles. The minimum atomic E-state index is -4.04. The van der Waals surface area contributed by atoms with Crippen LogP contribution in [-0.4, -0.2) is 69.9 Å². The van der Waals surface area contributed by atoms with Gasteiger partial charge in [-0.2, -0.15) is 4.31 Å². The Morgan fingerprint density at radius 1 is 0.971 bits per heavy atom. The van der Waals surface area contributed by atoms with E-state index in [1.54, 1.807) is 6.92 Å². The highest BCUT2D eigenvalue weighted by atomic mass is 35.5.